The Morgan fingerprint density at radius 3 is 2.13 bits per heavy atom. The number of carbonyl (C=O) groups excluding carboxylic acids is 1. The lowest BCUT2D eigenvalue weighted by Gasteiger charge is -2.39. The zero-order valence-corrected chi connectivity index (χ0v) is 17.6. The fraction of sp³-hybridized carbons (Fsp3) is 0.435. The second-order valence-electron chi connectivity index (χ2n) is 7.78. The second-order valence-corrected chi connectivity index (χ2v) is 7.78. The van der Waals surface area contributed by atoms with E-state index in [-0.39, 0.29) is 11.6 Å². The van der Waals surface area contributed by atoms with E-state index in [1.807, 2.05) is 25.1 Å². The molecule has 168 valence electrons. The standard InChI is InChI=1S/C23H29F3N4O/c1-18(29-12-14-30(15-13-29)20-10-6-3-7-11-20)16-27-21(31)17-28-22(23(24,25)26)19-8-4-2-5-9-19/h2-11,18,22,28H,12-17H2,1H3,(H,27,31). The molecule has 31 heavy (non-hydrogen) atoms. The van der Waals surface area contributed by atoms with Crippen LogP contribution >= 0.6 is 0 Å². The summed E-state index contributed by atoms with van der Waals surface area (Å²) < 4.78 is 40.1. The van der Waals surface area contributed by atoms with Crippen molar-refractivity contribution >= 4 is 11.6 Å². The molecule has 5 nitrogen and oxygen atoms in total. The Kier molecular flexibility index (Phi) is 7.92. The summed E-state index contributed by atoms with van der Waals surface area (Å²) in [5, 5.41) is 5.10. The van der Waals surface area contributed by atoms with E-state index in [0.717, 1.165) is 26.2 Å². The van der Waals surface area contributed by atoms with Crippen molar-refractivity contribution < 1.29 is 18.0 Å². The van der Waals surface area contributed by atoms with Crippen LogP contribution in [0.2, 0.25) is 0 Å². The Balaban J connectivity index is 1.42. The first-order chi connectivity index (χ1) is 14.8. The molecule has 2 N–H and O–H groups in total. The van der Waals surface area contributed by atoms with Gasteiger partial charge in [0.2, 0.25) is 5.91 Å². The van der Waals surface area contributed by atoms with Gasteiger partial charge in [0.1, 0.15) is 6.04 Å². The number of rotatable bonds is 8. The van der Waals surface area contributed by atoms with Crippen LogP contribution in [0.5, 0.6) is 0 Å². The summed E-state index contributed by atoms with van der Waals surface area (Å²) in [6.07, 6.45) is -4.48. The Morgan fingerprint density at radius 2 is 1.55 bits per heavy atom. The fourth-order valence-electron chi connectivity index (χ4n) is 3.78. The maximum absolute atomic E-state index is 13.4. The molecule has 1 saturated heterocycles. The van der Waals surface area contributed by atoms with E-state index in [1.54, 1.807) is 18.2 Å². The molecule has 2 aromatic carbocycles. The van der Waals surface area contributed by atoms with E-state index in [9.17, 15) is 18.0 Å². The molecule has 3 rings (SSSR count). The molecular formula is C23H29F3N4O. The van der Waals surface area contributed by atoms with E-state index >= 15 is 0 Å². The number of benzene rings is 2. The quantitative estimate of drug-likeness (QED) is 0.670. The van der Waals surface area contributed by atoms with E-state index in [2.05, 4.69) is 32.6 Å². The predicted molar refractivity (Wildman–Crippen MR) is 116 cm³/mol. The molecular weight excluding hydrogens is 405 g/mol. The smallest absolute Gasteiger partial charge is 0.369 e. The Bertz CT molecular complexity index is 809. The van der Waals surface area contributed by atoms with Gasteiger partial charge < -0.3 is 10.2 Å². The molecule has 0 radical (unpaired) electrons. The molecule has 1 aliphatic heterocycles. The van der Waals surface area contributed by atoms with Gasteiger partial charge in [-0.2, -0.15) is 13.2 Å². The highest BCUT2D eigenvalue weighted by Gasteiger charge is 2.40. The predicted octanol–water partition coefficient (Wildman–Crippen LogP) is 3.21. The molecule has 0 aromatic heterocycles. The van der Waals surface area contributed by atoms with Gasteiger partial charge in [0.15, 0.2) is 0 Å². The number of para-hydroxylation sites is 1. The van der Waals surface area contributed by atoms with Gasteiger partial charge >= 0.3 is 6.18 Å². The lowest BCUT2D eigenvalue weighted by Crippen LogP contribution is -2.53. The normalized spacial score (nSPS) is 17.2. The summed E-state index contributed by atoms with van der Waals surface area (Å²) in [7, 11) is 0. The average Bonchev–Trinajstić information content (AvgIpc) is 2.78. The highest BCUT2D eigenvalue weighted by atomic mass is 19.4. The molecule has 1 fully saturated rings. The van der Waals surface area contributed by atoms with Gasteiger partial charge in [-0.25, -0.2) is 0 Å². The van der Waals surface area contributed by atoms with Crippen LogP contribution < -0.4 is 15.5 Å². The Labute approximate surface area is 181 Å². The third-order valence-corrected chi connectivity index (χ3v) is 5.58. The summed E-state index contributed by atoms with van der Waals surface area (Å²) in [4.78, 5) is 16.8. The number of nitrogens with one attached hydrogen (secondary N) is 2. The molecule has 1 aliphatic rings. The van der Waals surface area contributed by atoms with E-state index in [4.69, 9.17) is 0 Å². The van der Waals surface area contributed by atoms with Gasteiger partial charge in [-0.05, 0) is 24.6 Å². The van der Waals surface area contributed by atoms with Gasteiger partial charge in [-0.15, -0.1) is 0 Å². The van der Waals surface area contributed by atoms with Gasteiger partial charge in [-0.1, -0.05) is 48.5 Å². The zero-order chi connectivity index (χ0) is 22.3. The van der Waals surface area contributed by atoms with Crippen LogP contribution in [0, 0.1) is 0 Å². The topological polar surface area (TPSA) is 47.6 Å². The summed E-state index contributed by atoms with van der Waals surface area (Å²) in [5.41, 5.74) is 1.29. The first-order valence-electron chi connectivity index (χ1n) is 10.5. The molecule has 2 atom stereocenters. The number of anilines is 1. The molecule has 1 amide bonds. The summed E-state index contributed by atoms with van der Waals surface area (Å²) in [6, 6.07) is 16.0. The van der Waals surface area contributed by atoms with Crippen LogP contribution in [0.4, 0.5) is 18.9 Å². The third-order valence-electron chi connectivity index (χ3n) is 5.58. The van der Waals surface area contributed by atoms with Gasteiger partial charge in [-0.3, -0.25) is 15.0 Å². The number of amides is 1. The van der Waals surface area contributed by atoms with Crippen molar-refractivity contribution in [2.45, 2.75) is 25.2 Å². The van der Waals surface area contributed by atoms with E-state index in [1.165, 1.54) is 17.8 Å². The van der Waals surface area contributed by atoms with Crippen molar-refractivity contribution in [3.63, 3.8) is 0 Å². The molecule has 0 saturated carbocycles. The number of halogens is 3. The van der Waals surface area contributed by atoms with Crippen LogP contribution in [0.3, 0.4) is 0 Å². The van der Waals surface area contributed by atoms with Crippen molar-refractivity contribution in [2.24, 2.45) is 0 Å². The van der Waals surface area contributed by atoms with Crippen LogP contribution in [-0.4, -0.2) is 62.3 Å². The van der Waals surface area contributed by atoms with Crippen molar-refractivity contribution in [1.82, 2.24) is 15.5 Å². The minimum Gasteiger partial charge on any atom is -0.369 e. The number of alkyl halides is 3. The van der Waals surface area contributed by atoms with E-state index in [0.29, 0.717) is 6.54 Å². The molecule has 0 spiro atoms. The number of hydrogen-bond donors (Lipinski definition) is 2. The van der Waals surface area contributed by atoms with Gasteiger partial charge in [0, 0.05) is 44.5 Å². The van der Waals surface area contributed by atoms with Crippen LogP contribution in [-0.2, 0) is 4.79 Å². The van der Waals surface area contributed by atoms with Crippen LogP contribution in [0.1, 0.15) is 18.5 Å². The zero-order valence-electron chi connectivity index (χ0n) is 17.6. The molecule has 2 aromatic rings. The minimum absolute atomic E-state index is 0.0902. The number of piperazine rings is 1. The lowest BCUT2D eigenvalue weighted by molar-refractivity contribution is -0.158. The maximum atomic E-state index is 13.4. The summed E-state index contributed by atoms with van der Waals surface area (Å²) >= 11 is 0. The summed E-state index contributed by atoms with van der Waals surface area (Å²) in [5.74, 6) is -0.444. The molecule has 1 heterocycles. The molecule has 0 aliphatic carbocycles. The first-order valence-corrected chi connectivity index (χ1v) is 10.5. The van der Waals surface area contributed by atoms with Crippen molar-refractivity contribution in [1.29, 1.82) is 0 Å². The highest BCUT2D eigenvalue weighted by molar-refractivity contribution is 5.78. The van der Waals surface area contributed by atoms with E-state index < -0.39 is 24.7 Å². The van der Waals surface area contributed by atoms with Crippen molar-refractivity contribution in [3.8, 4) is 0 Å². The number of hydrogen-bond acceptors (Lipinski definition) is 4. The average molecular weight is 435 g/mol. The van der Waals surface area contributed by atoms with Crippen molar-refractivity contribution in [2.75, 3.05) is 44.2 Å². The summed E-state index contributed by atoms with van der Waals surface area (Å²) in [6.45, 7) is 5.56. The lowest BCUT2D eigenvalue weighted by atomic mass is 10.1. The third kappa shape index (κ3) is 6.70. The number of carbonyl (C=O) groups is 1. The maximum Gasteiger partial charge on any atom is 0.407 e. The van der Waals surface area contributed by atoms with Crippen LogP contribution in [0.15, 0.2) is 60.7 Å². The van der Waals surface area contributed by atoms with Gasteiger partial charge in [0.05, 0.1) is 6.54 Å². The Hall–Kier alpha value is -2.58. The molecule has 0 bridgehead atoms. The van der Waals surface area contributed by atoms with Crippen molar-refractivity contribution in [3.05, 3.63) is 66.2 Å². The molecule has 2 unspecified atom stereocenters. The van der Waals surface area contributed by atoms with Crippen LogP contribution in [0.25, 0.3) is 0 Å². The monoisotopic (exact) mass is 434 g/mol. The SMILES string of the molecule is CC(CNC(=O)CNC(c1ccccc1)C(F)(F)F)N1CCN(c2ccccc2)CC1. The van der Waals surface area contributed by atoms with Gasteiger partial charge in [0.25, 0.3) is 0 Å². The Morgan fingerprint density at radius 1 is 0.968 bits per heavy atom. The molecule has 8 heteroatoms. The highest BCUT2D eigenvalue weighted by Crippen LogP contribution is 2.32. The first kappa shape index (κ1) is 23.1. The fourth-order valence-corrected chi connectivity index (χ4v) is 3.78. The largest absolute Gasteiger partial charge is 0.407 e. The number of nitrogens with zero attached hydrogens (tertiary/aromatic N) is 2. The second kappa shape index (κ2) is 10.6. The minimum atomic E-state index is -4.48.